The maximum Gasteiger partial charge on any atom is 0.267 e. The molecule has 3 heterocycles. The summed E-state index contributed by atoms with van der Waals surface area (Å²) in [5, 5.41) is 4.01. The Hall–Kier alpha value is -3.94. The van der Waals surface area contributed by atoms with Gasteiger partial charge in [0.05, 0.1) is 17.8 Å². The molecule has 0 fully saturated rings. The molecular weight excluding hydrogens is 368 g/mol. The zero-order valence-electron chi connectivity index (χ0n) is 16.1. The van der Waals surface area contributed by atoms with Crippen molar-refractivity contribution in [2.45, 2.75) is 6.92 Å². The van der Waals surface area contributed by atoms with E-state index >= 15 is 0 Å². The molecular formula is C21H20N6O2. The lowest BCUT2D eigenvalue weighted by molar-refractivity contribution is 0.0993. The first-order valence-corrected chi connectivity index (χ1v) is 9.14. The number of nitrogens with two attached hydrogens (primary N) is 1. The molecule has 4 rings (SSSR count). The summed E-state index contributed by atoms with van der Waals surface area (Å²) in [7, 11) is 1.76. The molecule has 3 aromatic heterocycles. The van der Waals surface area contributed by atoms with Crippen LogP contribution < -0.4 is 15.8 Å². The van der Waals surface area contributed by atoms with Crippen LogP contribution in [0.2, 0.25) is 0 Å². The quantitative estimate of drug-likeness (QED) is 0.525. The van der Waals surface area contributed by atoms with Crippen molar-refractivity contribution < 1.29 is 9.53 Å². The third-order valence-corrected chi connectivity index (χ3v) is 4.46. The Kier molecular flexibility index (Phi) is 4.82. The van der Waals surface area contributed by atoms with Gasteiger partial charge in [0.15, 0.2) is 5.82 Å². The number of aromatic nitrogens is 4. The molecule has 0 bridgehead atoms. The van der Waals surface area contributed by atoms with Crippen molar-refractivity contribution in [2.75, 3.05) is 11.9 Å². The third-order valence-electron chi connectivity index (χ3n) is 4.46. The van der Waals surface area contributed by atoms with Crippen molar-refractivity contribution in [3.8, 4) is 17.1 Å². The molecule has 8 nitrogen and oxygen atoms in total. The number of anilines is 2. The molecule has 8 heteroatoms. The average molecular weight is 388 g/mol. The Balaban J connectivity index is 1.89. The highest BCUT2D eigenvalue weighted by Crippen LogP contribution is 2.31. The SMILES string of the molecule is CCOc1ccc2nc(-c3cccnc3)nc(Nc3ccn(C)c3C(N)=O)c2c1. The van der Waals surface area contributed by atoms with Crippen molar-refractivity contribution in [1.82, 2.24) is 19.5 Å². The number of ether oxygens (including phenoxy) is 1. The lowest BCUT2D eigenvalue weighted by Crippen LogP contribution is -2.16. The van der Waals surface area contributed by atoms with E-state index in [-0.39, 0.29) is 0 Å². The highest BCUT2D eigenvalue weighted by atomic mass is 16.5. The molecule has 0 aliphatic carbocycles. The van der Waals surface area contributed by atoms with Gasteiger partial charge in [-0.1, -0.05) is 0 Å². The lowest BCUT2D eigenvalue weighted by atomic mass is 10.2. The maximum absolute atomic E-state index is 11.9. The summed E-state index contributed by atoms with van der Waals surface area (Å²) in [4.78, 5) is 25.4. The molecule has 0 aliphatic rings. The molecule has 0 saturated heterocycles. The molecule has 0 unspecified atom stereocenters. The number of rotatable bonds is 6. The molecule has 0 atom stereocenters. The van der Waals surface area contributed by atoms with Crippen LogP contribution in [0.15, 0.2) is 55.0 Å². The molecule has 1 aromatic carbocycles. The average Bonchev–Trinajstić information content (AvgIpc) is 3.09. The summed E-state index contributed by atoms with van der Waals surface area (Å²) in [5.41, 5.74) is 8.00. The van der Waals surface area contributed by atoms with Crippen LogP contribution in [0, 0.1) is 0 Å². The lowest BCUT2D eigenvalue weighted by Gasteiger charge is -2.13. The number of amides is 1. The Morgan fingerprint density at radius 3 is 2.83 bits per heavy atom. The van der Waals surface area contributed by atoms with Crippen LogP contribution in [0.4, 0.5) is 11.5 Å². The van der Waals surface area contributed by atoms with Crippen LogP contribution in [0.5, 0.6) is 5.75 Å². The number of nitrogens with zero attached hydrogens (tertiary/aromatic N) is 4. The Labute approximate surface area is 167 Å². The first-order valence-electron chi connectivity index (χ1n) is 9.14. The van der Waals surface area contributed by atoms with E-state index in [4.69, 9.17) is 15.5 Å². The van der Waals surface area contributed by atoms with Gasteiger partial charge in [-0.05, 0) is 43.3 Å². The van der Waals surface area contributed by atoms with Gasteiger partial charge in [0, 0.05) is 36.6 Å². The summed E-state index contributed by atoms with van der Waals surface area (Å²) in [6.07, 6.45) is 5.16. The van der Waals surface area contributed by atoms with Crippen molar-refractivity contribution >= 4 is 28.3 Å². The van der Waals surface area contributed by atoms with E-state index in [0.717, 1.165) is 16.5 Å². The van der Waals surface area contributed by atoms with Crippen LogP contribution in [0.25, 0.3) is 22.3 Å². The van der Waals surface area contributed by atoms with Gasteiger partial charge in [0.2, 0.25) is 0 Å². The second-order valence-corrected chi connectivity index (χ2v) is 6.43. The summed E-state index contributed by atoms with van der Waals surface area (Å²) >= 11 is 0. The fourth-order valence-electron chi connectivity index (χ4n) is 3.15. The largest absolute Gasteiger partial charge is 0.494 e. The van der Waals surface area contributed by atoms with Gasteiger partial charge in [-0.3, -0.25) is 9.78 Å². The van der Waals surface area contributed by atoms with E-state index in [1.165, 1.54) is 0 Å². The van der Waals surface area contributed by atoms with Gasteiger partial charge in [0.1, 0.15) is 17.3 Å². The fourth-order valence-corrected chi connectivity index (χ4v) is 3.15. The maximum atomic E-state index is 11.9. The number of benzene rings is 1. The van der Waals surface area contributed by atoms with Crippen LogP contribution in [0.3, 0.4) is 0 Å². The fraction of sp³-hybridized carbons (Fsp3) is 0.143. The van der Waals surface area contributed by atoms with Gasteiger partial charge < -0.3 is 20.4 Å². The predicted molar refractivity (Wildman–Crippen MR) is 111 cm³/mol. The Bertz CT molecular complexity index is 1190. The van der Waals surface area contributed by atoms with Gasteiger partial charge in [-0.25, -0.2) is 9.97 Å². The Morgan fingerprint density at radius 2 is 2.10 bits per heavy atom. The highest BCUT2D eigenvalue weighted by molar-refractivity contribution is 6.00. The topological polar surface area (TPSA) is 108 Å². The van der Waals surface area contributed by atoms with Crippen LogP contribution in [-0.2, 0) is 7.05 Å². The van der Waals surface area contributed by atoms with Crippen molar-refractivity contribution in [1.29, 1.82) is 0 Å². The van der Waals surface area contributed by atoms with E-state index in [9.17, 15) is 4.79 Å². The van der Waals surface area contributed by atoms with Gasteiger partial charge in [-0.2, -0.15) is 0 Å². The number of pyridine rings is 1. The molecule has 0 spiro atoms. The van der Waals surface area contributed by atoms with Gasteiger partial charge in [-0.15, -0.1) is 0 Å². The van der Waals surface area contributed by atoms with Crippen LogP contribution in [-0.4, -0.2) is 32.0 Å². The molecule has 1 amide bonds. The zero-order chi connectivity index (χ0) is 20.4. The van der Waals surface area contributed by atoms with Crippen LogP contribution >= 0.6 is 0 Å². The van der Waals surface area contributed by atoms with Gasteiger partial charge in [0.25, 0.3) is 5.91 Å². The number of carbonyl (C=O) groups excluding carboxylic acids is 1. The first-order chi connectivity index (χ1) is 14.1. The number of hydrogen-bond acceptors (Lipinski definition) is 6. The third kappa shape index (κ3) is 3.60. The summed E-state index contributed by atoms with van der Waals surface area (Å²) < 4.78 is 7.30. The molecule has 29 heavy (non-hydrogen) atoms. The van der Waals surface area contributed by atoms with Crippen molar-refractivity contribution in [3.63, 3.8) is 0 Å². The normalized spacial score (nSPS) is 10.8. The second-order valence-electron chi connectivity index (χ2n) is 6.43. The van der Waals surface area contributed by atoms with Crippen molar-refractivity contribution in [3.05, 3.63) is 60.7 Å². The Morgan fingerprint density at radius 1 is 1.24 bits per heavy atom. The molecule has 146 valence electrons. The summed E-state index contributed by atoms with van der Waals surface area (Å²) in [6.45, 7) is 2.47. The van der Waals surface area contributed by atoms with Crippen molar-refractivity contribution in [2.24, 2.45) is 12.8 Å². The number of hydrogen-bond donors (Lipinski definition) is 2. The molecule has 0 radical (unpaired) electrons. The molecule has 0 saturated carbocycles. The minimum atomic E-state index is -0.527. The zero-order valence-corrected chi connectivity index (χ0v) is 16.1. The minimum Gasteiger partial charge on any atom is -0.494 e. The molecule has 3 N–H and O–H groups in total. The van der Waals surface area contributed by atoms with E-state index < -0.39 is 5.91 Å². The monoisotopic (exact) mass is 388 g/mol. The number of aryl methyl sites for hydroxylation is 1. The summed E-state index contributed by atoms with van der Waals surface area (Å²) in [5.74, 6) is 1.25. The smallest absolute Gasteiger partial charge is 0.267 e. The van der Waals surface area contributed by atoms with E-state index in [1.807, 2.05) is 37.3 Å². The van der Waals surface area contributed by atoms with E-state index in [0.29, 0.717) is 35.4 Å². The minimum absolute atomic E-state index is 0.362. The number of fused-ring (bicyclic) bond motifs is 1. The van der Waals surface area contributed by atoms with E-state index in [2.05, 4.69) is 15.3 Å². The first kappa shape index (κ1) is 18.4. The second kappa shape index (κ2) is 7.59. The highest BCUT2D eigenvalue weighted by Gasteiger charge is 2.16. The summed E-state index contributed by atoms with van der Waals surface area (Å²) in [6, 6.07) is 11.1. The standard InChI is InChI=1S/C21H20N6O2/c1-3-29-14-6-7-16-15(11-14)21(25-17-8-10-27(2)18(17)19(22)28)26-20(24-16)13-5-4-9-23-12-13/h4-12H,3H2,1-2H3,(H2,22,28)(H,24,25,26). The number of primary amides is 1. The van der Waals surface area contributed by atoms with E-state index in [1.54, 1.807) is 36.3 Å². The van der Waals surface area contributed by atoms with Gasteiger partial charge >= 0.3 is 0 Å². The number of carbonyl (C=O) groups is 1. The number of nitrogens with one attached hydrogen (secondary N) is 1. The van der Waals surface area contributed by atoms with Crippen LogP contribution in [0.1, 0.15) is 17.4 Å². The molecule has 0 aliphatic heterocycles. The molecule has 4 aromatic rings. The predicted octanol–water partition coefficient (Wildman–Crippen LogP) is 3.27.